The lowest BCUT2D eigenvalue weighted by Crippen LogP contribution is -2.20. The van der Waals surface area contributed by atoms with Crippen molar-refractivity contribution in [1.82, 2.24) is 0 Å². The van der Waals surface area contributed by atoms with Crippen LogP contribution in [0.15, 0.2) is 0 Å². The molecule has 0 aromatic heterocycles. The fraction of sp³-hybridized carbons (Fsp3) is 1.00. The zero-order valence-corrected chi connectivity index (χ0v) is 6.67. The van der Waals surface area contributed by atoms with Crippen molar-refractivity contribution >= 4 is 11.8 Å². The van der Waals surface area contributed by atoms with Gasteiger partial charge in [-0.1, -0.05) is 0 Å². The normalized spacial score (nSPS) is 40.5. The summed E-state index contributed by atoms with van der Waals surface area (Å²) in [7, 11) is 1.62. The third-order valence-corrected chi connectivity index (χ3v) is 3.13. The molecular formula is C6H12O3S. The van der Waals surface area contributed by atoms with Crippen LogP contribution >= 0.6 is 11.8 Å². The van der Waals surface area contributed by atoms with Gasteiger partial charge >= 0.3 is 0 Å². The highest BCUT2D eigenvalue weighted by atomic mass is 32.2. The quantitative estimate of drug-likeness (QED) is 0.594. The van der Waals surface area contributed by atoms with Crippen LogP contribution in [0.5, 0.6) is 0 Å². The summed E-state index contributed by atoms with van der Waals surface area (Å²) in [4.78, 5) is 0. The molecule has 0 spiro atoms. The first-order valence-corrected chi connectivity index (χ1v) is 4.19. The van der Waals surface area contributed by atoms with E-state index in [1.807, 2.05) is 0 Å². The van der Waals surface area contributed by atoms with E-state index in [4.69, 9.17) is 9.84 Å². The Morgan fingerprint density at radius 3 is 2.70 bits per heavy atom. The van der Waals surface area contributed by atoms with Crippen molar-refractivity contribution in [1.29, 1.82) is 0 Å². The summed E-state index contributed by atoms with van der Waals surface area (Å²) < 4.78 is 5.01. The number of hydrogen-bond donors (Lipinski definition) is 2. The summed E-state index contributed by atoms with van der Waals surface area (Å²) >= 11 is 1.50. The molecule has 0 bridgehead atoms. The molecule has 1 aliphatic heterocycles. The van der Waals surface area contributed by atoms with Gasteiger partial charge in [-0.25, -0.2) is 0 Å². The number of rotatable bonds is 2. The van der Waals surface area contributed by atoms with Crippen LogP contribution in [-0.4, -0.2) is 40.7 Å². The van der Waals surface area contributed by atoms with Gasteiger partial charge in [-0.3, -0.25) is 0 Å². The molecule has 2 N–H and O–H groups in total. The molecular weight excluding hydrogens is 152 g/mol. The molecule has 1 saturated heterocycles. The van der Waals surface area contributed by atoms with Crippen molar-refractivity contribution in [3.8, 4) is 0 Å². The number of aliphatic hydroxyl groups is 2. The highest BCUT2D eigenvalue weighted by molar-refractivity contribution is 8.00. The van der Waals surface area contributed by atoms with E-state index in [0.717, 1.165) is 0 Å². The van der Waals surface area contributed by atoms with Crippen molar-refractivity contribution < 1.29 is 14.9 Å². The van der Waals surface area contributed by atoms with Gasteiger partial charge in [0, 0.05) is 13.5 Å². The van der Waals surface area contributed by atoms with Gasteiger partial charge in [0.15, 0.2) is 0 Å². The Kier molecular flexibility index (Phi) is 2.97. The maximum Gasteiger partial charge on any atom is 0.105 e. The maximum absolute atomic E-state index is 9.23. The zero-order chi connectivity index (χ0) is 7.56. The molecule has 0 aliphatic carbocycles. The minimum absolute atomic E-state index is 0.0334. The van der Waals surface area contributed by atoms with Crippen molar-refractivity contribution in [2.75, 3.05) is 13.7 Å². The lowest BCUT2D eigenvalue weighted by molar-refractivity contribution is 0.0982. The highest BCUT2D eigenvalue weighted by Gasteiger charge is 2.32. The predicted molar refractivity (Wildman–Crippen MR) is 39.9 cm³/mol. The summed E-state index contributed by atoms with van der Waals surface area (Å²) in [5.74, 6) is 0. The average molecular weight is 164 g/mol. The standard InChI is InChI=1S/C6H12O3S/c1-9-6-2-4(8)5(3-7)10-6/h4-8H,2-3H2,1H3/t4-,5+,6?/m0/s1. The zero-order valence-electron chi connectivity index (χ0n) is 5.86. The molecule has 60 valence electrons. The monoisotopic (exact) mass is 164 g/mol. The van der Waals surface area contributed by atoms with Crippen molar-refractivity contribution in [2.24, 2.45) is 0 Å². The largest absolute Gasteiger partial charge is 0.395 e. The number of thioether (sulfide) groups is 1. The fourth-order valence-electron chi connectivity index (χ4n) is 1.01. The van der Waals surface area contributed by atoms with E-state index in [2.05, 4.69) is 0 Å². The third kappa shape index (κ3) is 1.63. The van der Waals surface area contributed by atoms with Crippen LogP contribution in [0.25, 0.3) is 0 Å². The van der Waals surface area contributed by atoms with Gasteiger partial charge in [0.2, 0.25) is 0 Å². The molecule has 10 heavy (non-hydrogen) atoms. The average Bonchev–Trinajstić information content (AvgIpc) is 2.30. The lowest BCUT2D eigenvalue weighted by Gasteiger charge is -2.07. The first kappa shape index (κ1) is 8.33. The van der Waals surface area contributed by atoms with Crippen LogP contribution in [0.4, 0.5) is 0 Å². The number of ether oxygens (including phenoxy) is 1. The summed E-state index contributed by atoms with van der Waals surface area (Å²) in [6.07, 6.45) is 0.229. The molecule has 0 radical (unpaired) electrons. The maximum atomic E-state index is 9.23. The SMILES string of the molecule is COC1C[C@H](O)[C@@H](CO)S1. The second-order valence-electron chi connectivity index (χ2n) is 2.33. The highest BCUT2D eigenvalue weighted by Crippen LogP contribution is 2.33. The van der Waals surface area contributed by atoms with Crippen LogP contribution in [0, 0.1) is 0 Å². The Morgan fingerprint density at radius 1 is 1.70 bits per heavy atom. The topological polar surface area (TPSA) is 49.7 Å². The Bertz CT molecular complexity index is 109. The first-order valence-electron chi connectivity index (χ1n) is 3.25. The Hall–Kier alpha value is 0.230. The lowest BCUT2D eigenvalue weighted by atomic mass is 10.2. The number of hydrogen-bond acceptors (Lipinski definition) is 4. The van der Waals surface area contributed by atoms with Gasteiger partial charge in [0.05, 0.1) is 18.0 Å². The van der Waals surface area contributed by atoms with Crippen LogP contribution in [0.2, 0.25) is 0 Å². The summed E-state index contributed by atoms with van der Waals surface area (Å²) in [6.45, 7) is 0.0334. The first-order chi connectivity index (χ1) is 4.77. The van der Waals surface area contributed by atoms with E-state index in [9.17, 15) is 5.11 Å². The molecule has 1 rings (SSSR count). The third-order valence-electron chi connectivity index (χ3n) is 1.63. The number of aliphatic hydroxyl groups excluding tert-OH is 2. The van der Waals surface area contributed by atoms with E-state index in [1.165, 1.54) is 11.8 Å². The summed E-state index contributed by atoms with van der Waals surface area (Å²) in [5.41, 5.74) is 0.0622. The van der Waals surface area contributed by atoms with Gasteiger partial charge in [0.1, 0.15) is 5.44 Å². The van der Waals surface area contributed by atoms with E-state index >= 15 is 0 Å². The molecule has 4 heteroatoms. The second kappa shape index (κ2) is 3.57. The molecule has 3 nitrogen and oxygen atoms in total. The van der Waals surface area contributed by atoms with Crippen LogP contribution in [0.3, 0.4) is 0 Å². The Morgan fingerprint density at radius 2 is 2.40 bits per heavy atom. The summed E-state index contributed by atoms with van der Waals surface area (Å²) in [6, 6.07) is 0. The van der Waals surface area contributed by atoms with Gasteiger partial charge in [-0.2, -0.15) is 0 Å². The van der Waals surface area contributed by atoms with Crippen LogP contribution < -0.4 is 0 Å². The van der Waals surface area contributed by atoms with Gasteiger partial charge in [0.25, 0.3) is 0 Å². The van der Waals surface area contributed by atoms with Crippen LogP contribution in [-0.2, 0) is 4.74 Å². The molecule has 1 heterocycles. The second-order valence-corrected chi connectivity index (χ2v) is 3.73. The van der Waals surface area contributed by atoms with E-state index in [1.54, 1.807) is 7.11 Å². The minimum Gasteiger partial charge on any atom is -0.395 e. The van der Waals surface area contributed by atoms with Crippen LogP contribution in [0.1, 0.15) is 6.42 Å². The fourth-order valence-corrected chi connectivity index (χ4v) is 2.19. The van der Waals surface area contributed by atoms with Crippen molar-refractivity contribution in [3.63, 3.8) is 0 Å². The van der Waals surface area contributed by atoms with Gasteiger partial charge in [-0.05, 0) is 0 Å². The molecule has 0 aromatic rings. The van der Waals surface area contributed by atoms with E-state index in [-0.39, 0.29) is 17.3 Å². The minimum atomic E-state index is -0.403. The molecule has 0 aromatic carbocycles. The Labute approximate surface area is 64.4 Å². The summed E-state index contributed by atoms with van der Waals surface area (Å²) in [5, 5.41) is 17.9. The molecule has 1 fully saturated rings. The predicted octanol–water partition coefficient (Wildman–Crippen LogP) is -0.182. The molecule has 0 saturated carbocycles. The smallest absolute Gasteiger partial charge is 0.105 e. The van der Waals surface area contributed by atoms with Gasteiger partial charge in [-0.15, -0.1) is 11.8 Å². The van der Waals surface area contributed by atoms with Crippen molar-refractivity contribution in [3.05, 3.63) is 0 Å². The molecule has 1 aliphatic rings. The molecule has 0 amide bonds. The molecule has 3 atom stereocenters. The van der Waals surface area contributed by atoms with E-state index < -0.39 is 6.10 Å². The van der Waals surface area contributed by atoms with Gasteiger partial charge < -0.3 is 14.9 Å². The Balaban J connectivity index is 2.36. The number of methoxy groups -OCH3 is 1. The molecule has 1 unspecified atom stereocenters. The van der Waals surface area contributed by atoms with Crippen molar-refractivity contribution in [2.45, 2.75) is 23.2 Å². The van der Waals surface area contributed by atoms with E-state index in [0.29, 0.717) is 6.42 Å².